The molecule has 150 valence electrons. The molecule has 0 spiro atoms. The number of para-hydroxylation sites is 2. The Labute approximate surface area is 163 Å². The second kappa shape index (κ2) is 9.34. The highest BCUT2D eigenvalue weighted by molar-refractivity contribution is 7.89. The predicted octanol–water partition coefficient (Wildman–Crippen LogP) is 1.85. The van der Waals surface area contributed by atoms with E-state index >= 15 is 0 Å². The second-order valence-electron chi connectivity index (χ2n) is 5.96. The number of carbonyl (C=O) groups excluding carboxylic acids is 2. The zero-order valence-corrected chi connectivity index (χ0v) is 16.6. The minimum atomic E-state index is -3.85. The summed E-state index contributed by atoms with van der Waals surface area (Å²) in [6.07, 6.45) is -1.12. The van der Waals surface area contributed by atoms with Gasteiger partial charge in [-0.1, -0.05) is 29.8 Å². The van der Waals surface area contributed by atoms with Crippen molar-refractivity contribution >= 4 is 27.6 Å². The lowest BCUT2D eigenvalue weighted by Crippen LogP contribution is -2.35. The fraction of sp³-hybridized carbons (Fsp3) is 0.263. The van der Waals surface area contributed by atoms with Crippen molar-refractivity contribution in [2.24, 2.45) is 0 Å². The number of hydrogen-bond acceptors (Lipinski definition) is 6. The van der Waals surface area contributed by atoms with Crippen LogP contribution in [0.3, 0.4) is 0 Å². The summed E-state index contributed by atoms with van der Waals surface area (Å²) < 4.78 is 36.6. The van der Waals surface area contributed by atoms with E-state index in [2.05, 4.69) is 10.0 Å². The maximum absolute atomic E-state index is 12.2. The molecular formula is C19H22N2O6S. The molecule has 2 aromatic carbocycles. The number of nitrogens with one attached hydrogen (secondary N) is 2. The molecule has 0 bridgehead atoms. The van der Waals surface area contributed by atoms with E-state index in [1.54, 1.807) is 36.4 Å². The zero-order chi connectivity index (χ0) is 20.7. The summed E-state index contributed by atoms with van der Waals surface area (Å²) in [5, 5.41) is 2.59. The number of hydrogen-bond donors (Lipinski definition) is 2. The van der Waals surface area contributed by atoms with Crippen molar-refractivity contribution in [1.29, 1.82) is 0 Å². The second-order valence-corrected chi connectivity index (χ2v) is 7.73. The smallest absolute Gasteiger partial charge is 0.321 e. The normalized spacial score (nSPS) is 12.1. The van der Waals surface area contributed by atoms with Gasteiger partial charge in [0.25, 0.3) is 5.91 Å². The van der Waals surface area contributed by atoms with E-state index in [0.29, 0.717) is 11.4 Å². The Morgan fingerprint density at radius 3 is 2.36 bits per heavy atom. The van der Waals surface area contributed by atoms with Crippen molar-refractivity contribution in [1.82, 2.24) is 4.72 Å². The molecule has 0 radical (unpaired) electrons. The average molecular weight is 406 g/mol. The number of amides is 1. The van der Waals surface area contributed by atoms with Gasteiger partial charge in [0.05, 0.1) is 17.7 Å². The highest BCUT2D eigenvalue weighted by Gasteiger charge is 2.21. The molecule has 28 heavy (non-hydrogen) atoms. The van der Waals surface area contributed by atoms with E-state index in [1.807, 2.05) is 6.92 Å². The first-order valence-electron chi connectivity index (χ1n) is 8.42. The Bertz CT molecular complexity index is 941. The molecule has 1 atom stereocenters. The number of aryl methyl sites for hydroxylation is 1. The van der Waals surface area contributed by atoms with Gasteiger partial charge in [-0.15, -0.1) is 0 Å². The van der Waals surface area contributed by atoms with Crippen molar-refractivity contribution < 1.29 is 27.5 Å². The van der Waals surface area contributed by atoms with Gasteiger partial charge in [0.15, 0.2) is 6.10 Å². The summed E-state index contributed by atoms with van der Waals surface area (Å²) in [5.41, 5.74) is 1.34. The molecule has 0 aliphatic rings. The minimum absolute atomic E-state index is 0.0351. The Morgan fingerprint density at radius 1 is 1.07 bits per heavy atom. The van der Waals surface area contributed by atoms with Crippen LogP contribution in [0, 0.1) is 6.92 Å². The molecule has 1 amide bonds. The number of ether oxygens (including phenoxy) is 2. The molecule has 0 heterocycles. The van der Waals surface area contributed by atoms with Crippen LogP contribution in [-0.2, 0) is 24.3 Å². The maximum atomic E-state index is 12.2. The summed E-state index contributed by atoms with van der Waals surface area (Å²) in [4.78, 5) is 24.1. The van der Waals surface area contributed by atoms with Gasteiger partial charge in [0.1, 0.15) is 12.3 Å². The summed E-state index contributed by atoms with van der Waals surface area (Å²) in [6.45, 7) is 2.62. The predicted molar refractivity (Wildman–Crippen MR) is 104 cm³/mol. The fourth-order valence-corrected chi connectivity index (χ4v) is 3.20. The highest BCUT2D eigenvalue weighted by atomic mass is 32.2. The van der Waals surface area contributed by atoms with E-state index in [4.69, 9.17) is 9.47 Å². The molecule has 0 fully saturated rings. The first kappa shape index (κ1) is 21.4. The number of anilines is 1. The average Bonchev–Trinajstić information content (AvgIpc) is 2.67. The van der Waals surface area contributed by atoms with E-state index in [0.717, 1.165) is 5.56 Å². The van der Waals surface area contributed by atoms with Crippen LogP contribution in [0.2, 0.25) is 0 Å². The number of sulfonamides is 1. The van der Waals surface area contributed by atoms with Gasteiger partial charge < -0.3 is 14.8 Å². The van der Waals surface area contributed by atoms with Gasteiger partial charge in [0, 0.05) is 0 Å². The van der Waals surface area contributed by atoms with Crippen LogP contribution < -0.4 is 14.8 Å². The monoisotopic (exact) mass is 406 g/mol. The lowest BCUT2D eigenvalue weighted by atomic mass is 10.2. The SMILES string of the molecule is COc1ccccc1NC(=O)C(C)OC(=O)CNS(=O)(=O)c1ccc(C)cc1. The van der Waals surface area contributed by atoms with Crippen LogP contribution in [-0.4, -0.2) is 40.1 Å². The maximum Gasteiger partial charge on any atom is 0.321 e. The molecule has 0 saturated carbocycles. The Kier molecular flexibility index (Phi) is 7.13. The van der Waals surface area contributed by atoms with Gasteiger partial charge >= 0.3 is 5.97 Å². The number of rotatable bonds is 8. The third-order valence-electron chi connectivity index (χ3n) is 3.78. The summed E-state index contributed by atoms with van der Waals surface area (Å²) in [6, 6.07) is 13.0. The van der Waals surface area contributed by atoms with Crippen molar-refractivity contribution in [2.75, 3.05) is 19.0 Å². The van der Waals surface area contributed by atoms with Gasteiger partial charge in [-0.3, -0.25) is 9.59 Å². The molecule has 9 heteroatoms. The van der Waals surface area contributed by atoms with Crippen LogP contribution >= 0.6 is 0 Å². The van der Waals surface area contributed by atoms with E-state index in [-0.39, 0.29) is 4.90 Å². The first-order chi connectivity index (χ1) is 13.2. The summed E-state index contributed by atoms with van der Waals surface area (Å²) >= 11 is 0. The molecule has 2 rings (SSSR count). The van der Waals surface area contributed by atoms with Gasteiger partial charge in [-0.05, 0) is 38.1 Å². The molecule has 0 aliphatic carbocycles. The Morgan fingerprint density at radius 2 is 1.71 bits per heavy atom. The molecule has 1 unspecified atom stereocenters. The van der Waals surface area contributed by atoms with E-state index < -0.39 is 34.5 Å². The fourth-order valence-electron chi connectivity index (χ4n) is 2.23. The van der Waals surface area contributed by atoms with Crippen LogP contribution in [0.15, 0.2) is 53.4 Å². The standard InChI is InChI=1S/C19H22N2O6S/c1-13-8-10-15(11-9-13)28(24,25)20-12-18(22)27-14(2)19(23)21-16-6-4-5-7-17(16)26-3/h4-11,14,20H,12H2,1-3H3,(H,21,23). The molecule has 2 aromatic rings. The number of carbonyl (C=O) groups is 2. The van der Waals surface area contributed by atoms with Crippen molar-refractivity contribution in [3.05, 3.63) is 54.1 Å². The number of benzene rings is 2. The van der Waals surface area contributed by atoms with Crippen LogP contribution in [0.5, 0.6) is 5.75 Å². The third kappa shape index (κ3) is 5.80. The Balaban J connectivity index is 1.89. The van der Waals surface area contributed by atoms with E-state index in [9.17, 15) is 18.0 Å². The lowest BCUT2D eigenvalue weighted by molar-refractivity contribution is -0.151. The minimum Gasteiger partial charge on any atom is -0.495 e. The van der Waals surface area contributed by atoms with Crippen molar-refractivity contribution in [2.45, 2.75) is 24.8 Å². The van der Waals surface area contributed by atoms with Crippen LogP contribution in [0.4, 0.5) is 5.69 Å². The molecule has 2 N–H and O–H groups in total. The molecule has 0 saturated heterocycles. The van der Waals surface area contributed by atoms with Gasteiger partial charge in [-0.2, -0.15) is 4.72 Å². The quantitative estimate of drug-likeness (QED) is 0.648. The molecule has 0 aromatic heterocycles. The van der Waals surface area contributed by atoms with Crippen molar-refractivity contribution in [3.63, 3.8) is 0 Å². The third-order valence-corrected chi connectivity index (χ3v) is 5.20. The Hall–Kier alpha value is -2.91. The number of esters is 1. The number of methoxy groups -OCH3 is 1. The first-order valence-corrected chi connectivity index (χ1v) is 9.91. The topological polar surface area (TPSA) is 111 Å². The summed E-state index contributed by atoms with van der Waals surface area (Å²) in [7, 11) is -2.39. The zero-order valence-electron chi connectivity index (χ0n) is 15.8. The molecule has 8 nitrogen and oxygen atoms in total. The largest absolute Gasteiger partial charge is 0.495 e. The van der Waals surface area contributed by atoms with Crippen LogP contribution in [0.1, 0.15) is 12.5 Å². The van der Waals surface area contributed by atoms with Gasteiger partial charge in [0.2, 0.25) is 10.0 Å². The molecular weight excluding hydrogens is 384 g/mol. The van der Waals surface area contributed by atoms with E-state index in [1.165, 1.54) is 26.2 Å². The summed E-state index contributed by atoms with van der Waals surface area (Å²) in [5.74, 6) is -0.988. The highest BCUT2D eigenvalue weighted by Crippen LogP contribution is 2.23. The van der Waals surface area contributed by atoms with Crippen LogP contribution in [0.25, 0.3) is 0 Å². The van der Waals surface area contributed by atoms with Crippen molar-refractivity contribution in [3.8, 4) is 5.75 Å². The lowest BCUT2D eigenvalue weighted by Gasteiger charge is -2.15. The van der Waals surface area contributed by atoms with Gasteiger partial charge in [-0.25, -0.2) is 8.42 Å². The molecule has 0 aliphatic heterocycles.